The van der Waals surface area contributed by atoms with Crippen LogP contribution in [0.4, 0.5) is 0 Å². The van der Waals surface area contributed by atoms with Crippen LogP contribution in [0.25, 0.3) is 6.08 Å². The molecule has 0 saturated carbocycles. The molecule has 1 aliphatic rings. The lowest BCUT2D eigenvalue weighted by Crippen LogP contribution is -2.40. The monoisotopic (exact) mass is 604 g/mol. The Kier molecular flexibility index (Phi) is 8.56. The summed E-state index contributed by atoms with van der Waals surface area (Å²) < 4.78 is 19.1. The van der Waals surface area contributed by atoms with Crippen LogP contribution in [0.1, 0.15) is 43.9 Å². The van der Waals surface area contributed by atoms with Crippen molar-refractivity contribution in [3.63, 3.8) is 0 Å². The van der Waals surface area contributed by atoms with Crippen LogP contribution < -0.4 is 24.4 Å². The number of esters is 1. The van der Waals surface area contributed by atoms with E-state index in [9.17, 15) is 9.59 Å². The predicted octanol–water partition coefficient (Wildman–Crippen LogP) is 5.01. The molecular formula is C27H26BrClN2O5S. The van der Waals surface area contributed by atoms with Gasteiger partial charge in [-0.15, -0.1) is 0 Å². The average Bonchev–Trinajstić information content (AvgIpc) is 3.18. The van der Waals surface area contributed by atoms with Gasteiger partial charge >= 0.3 is 5.97 Å². The molecule has 0 saturated heterocycles. The van der Waals surface area contributed by atoms with Crippen LogP contribution in [-0.4, -0.2) is 31.4 Å². The Morgan fingerprint density at radius 1 is 1.16 bits per heavy atom. The van der Waals surface area contributed by atoms with Gasteiger partial charge < -0.3 is 14.2 Å². The number of nitrogens with zero attached hydrogens (tertiary/aromatic N) is 2. The molecule has 1 aromatic heterocycles. The molecule has 7 nitrogen and oxygen atoms in total. The number of carbonyl (C=O) groups is 1. The maximum absolute atomic E-state index is 13.9. The minimum absolute atomic E-state index is 0.201. The van der Waals surface area contributed by atoms with Crippen molar-refractivity contribution in [1.29, 1.82) is 0 Å². The summed E-state index contributed by atoms with van der Waals surface area (Å²) in [6.07, 6.45) is 3.08. The predicted molar refractivity (Wildman–Crippen MR) is 148 cm³/mol. The zero-order valence-electron chi connectivity index (χ0n) is 20.8. The second-order valence-electron chi connectivity index (χ2n) is 8.19. The van der Waals surface area contributed by atoms with Crippen LogP contribution in [0, 0.1) is 0 Å². The summed E-state index contributed by atoms with van der Waals surface area (Å²) in [5, 5.41) is 0.440. The average molecular weight is 606 g/mol. The first kappa shape index (κ1) is 27.2. The molecule has 194 valence electrons. The van der Waals surface area contributed by atoms with Crippen molar-refractivity contribution in [2.75, 3.05) is 20.8 Å². The summed E-state index contributed by atoms with van der Waals surface area (Å²) in [5.74, 6) is 0.590. The second kappa shape index (κ2) is 11.7. The fourth-order valence-corrected chi connectivity index (χ4v) is 5.92. The van der Waals surface area contributed by atoms with Gasteiger partial charge in [0.25, 0.3) is 5.56 Å². The smallest absolute Gasteiger partial charge is 0.338 e. The van der Waals surface area contributed by atoms with Gasteiger partial charge in [0.2, 0.25) is 0 Å². The van der Waals surface area contributed by atoms with Gasteiger partial charge in [0, 0.05) is 10.0 Å². The van der Waals surface area contributed by atoms with Crippen LogP contribution in [0.3, 0.4) is 0 Å². The number of benzene rings is 2. The molecule has 2 aromatic carbocycles. The number of hydrogen-bond donors (Lipinski definition) is 0. The second-order valence-corrected chi connectivity index (χ2v) is 10.5. The lowest BCUT2D eigenvalue weighted by Gasteiger charge is -2.27. The summed E-state index contributed by atoms with van der Waals surface area (Å²) >= 11 is 11.1. The van der Waals surface area contributed by atoms with Gasteiger partial charge in [0.1, 0.15) is 17.5 Å². The number of aromatic nitrogens is 1. The Labute approximate surface area is 231 Å². The van der Waals surface area contributed by atoms with Gasteiger partial charge in [-0.25, -0.2) is 9.79 Å². The maximum Gasteiger partial charge on any atom is 0.338 e. The van der Waals surface area contributed by atoms with Gasteiger partial charge in [0.15, 0.2) is 4.80 Å². The summed E-state index contributed by atoms with van der Waals surface area (Å²) in [6, 6.07) is 10.0. The third-order valence-corrected chi connectivity index (χ3v) is 7.62. The highest BCUT2D eigenvalue weighted by molar-refractivity contribution is 9.10. The van der Waals surface area contributed by atoms with E-state index in [1.807, 2.05) is 25.1 Å². The number of thiazole rings is 1. The minimum atomic E-state index is -0.772. The van der Waals surface area contributed by atoms with E-state index in [0.29, 0.717) is 49.1 Å². The SMILES string of the molecule is CCCC1=C(C(=O)OCC)[C@H](c2cc(Br)ccc2OC)n2c(s/c(=C\c3ccc(OC)c(Cl)c3)c2=O)=N1. The fourth-order valence-electron chi connectivity index (χ4n) is 4.26. The summed E-state index contributed by atoms with van der Waals surface area (Å²) in [4.78, 5) is 32.5. The molecule has 0 radical (unpaired) electrons. The molecule has 0 spiro atoms. The molecule has 0 amide bonds. The van der Waals surface area contributed by atoms with Crippen LogP contribution in [0.15, 0.2) is 61.9 Å². The molecule has 3 aromatic rings. The third kappa shape index (κ3) is 5.39. The number of halogens is 2. The molecule has 0 N–H and O–H groups in total. The van der Waals surface area contributed by atoms with E-state index in [1.54, 1.807) is 50.0 Å². The van der Waals surface area contributed by atoms with Gasteiger partial charge in [-0.05, 0) is 55.3 Å². The molecule has 1 atom stereocenters. The van der Waals surface area contributed by atoms with Crippen LogP contribution in [-0.2, 0) is 9.53 Å². The molecule has 0 bridgehead atoms. The molecule has 4 rings (SSSR count). The normalized spacial score (nSPS) is 15.3. The molecule has 10 heteroatoms. The van der Waals surface area contributed by atoms with Crippen molar-refractivity contribution >= 4 is 50.9 Å². The first-order valence-electron chi connectivity index (χ1n) is 11.7. The fraction of sp³-hybridized carbons (Fsp3) is 0.296. The molecule has 0 aliphatic carbocycles. The van der Waals surface area contributed by atoms with Crippen molar-refractivity contribution in [3.05, 3.63) is 88.0 Å². The van der Waals surface area contributed by atoms with Crippen LogP contribution in [0.2, 0.25) is 5.02 Å². The summed E-state index contributed by atoms with van der Waals surface area (Å²) in [5.41, 5.74) is 2.06. The third-order valence-electron chi connectivity index (χ3n) is 5.85. The van der Waals surface area contributed by atoms with E-state index >= 15 is 0 Å². The van der Waals surface area contributed by atoms with Crippen LogP contribution >= 0.6 is 38.9 Å². The van der Waals surface area contributed by atoms with Gasteiger partial charge in [0.05, 0.1) is 41.7 Å². The molecule has 2 heterocycles. The van der Waals surface area contributed by atoms with E-state index in [4.69, 9.17) is 30.8 Å². The Balaban J connectivity index is 2.03. The Morgan fingerprint density at radius 3 is 2.54 bits per heavy atom. The summed E-state index contributed by atoms with van der Waals surface area (Å²) in [7, 11) is 3.11. The van der Waals surface area contributed by atoms with Gasteiger partial charge in [-0.1, -0.05) is 58.3 Å². The highest BCUT2D eigenvalue weighted by Crippen LogP contribution is 2.38. The summed E-state index contributed by atoms with van der Waals surface area (Å²) in [6.45, 7) is 3.97. The molecule has 0 unspecified atom stereocenters. The van der Waals surface area contributed by atoms with Gasteiger partial charge in [-0.3, -0.25) is 9.36 Å². The largest absolute Gasteiger partial charge is 0.496 e. The van der Waals surface area contributed by atoms with Crippen molar-refractivity contribution in [1.82, 2.24) is 4.57 Å². The number of carbonyl (C=O) groups excluding carboxylic acids is 1. The Morgan fingerprint density at radius 2 is 1.89 bits per heavy atom. The Bertz CT molecular complexity index is 1560. The maximum atomic E-state index is 13.9. The van der Waals surface area contributed by atoms with Crippen molar-refractivity contribution in [2.24, 2.45) is 4.99 Å². The highest BCUT2D eigenvalue weighted by Gasteiger charge is 2.36. The number of allylic oxidation sites excluding steroid dienone is 1. The lowest BCUT2D eigenvalue weighted by molar-refractivity contribution is -0.139. The Hall–Kier alpha value is -2.88. The number of rotatable bonds is 8. The van der Waals surface area contributed by atoms with Crippen molar-refractivity contribution < 1.29 is 19.0 Å². The van der Waals surface area contributed by atoms with E-state index in [-0.39, 0.29) is 12.2 Å². The molecule has 1 aliphatic heterocycles. The van der Waals surface area contributed by atoms with Gasteiger partial charge in [-0.2, -0.15) is 0 Å². The van der Waals surface area contributed by atoms with E-state index in [0.717, 1.165) is 16.5 Å². The number of hydrogen-bond acceptors (Lipinski definition) is 7. The highest BCUT2D eigenvalue weighted by atomic mass is 79.9. The topological polar surface area (TPSA) is 79.1 Å². The first-order chi connectivity index (χ1) is 17.8. The molecule has 37 heavy (non-hydrogen) atoms. The number of ether oxygens (including phenoxy) is 3. The zero-order valence-corrected chi connectivity index (χ0v) is 24.0. The standard InChI is InChI=1S/C27H26BrClN2O5S/c1-5-7-19-23(26(33)36-6-2)24(17-14-16(28)9-11-20(17)34-3)31-25(32)22(37-27(31)30-19)13-15-8-10-21(35-4)18(29)12-15/h8-14,24H,5-7H2,1-4H3/b22-13-/t24-/m0/s1. The van der Waals surface area contributed by atoms with Crippen LogP contribution in [0.5, 0.6) is 11.5 Å². The number of fused-ring (bicyclic) bond motifs is 1. The minimum Gasteiger partial charge on any atom is -0.496 e. The van der Waals surface area contributed by atoms with E-state index in [1.165, 1.54) is 11.3 Å². The zero-order chi connectivity index (χ0) is 26.7. The lowest BCUT2D eigenvalue weighted by atomic mass is 9.93. The quantitative estimate of drug-likeness (QED) is 0.337. The first-order valence-corrected chi connectivity index (χ1v) is 13.7. The van der Waals surface area contributed by atoms with E-state index < -0.39 is 12.0 Å². The van der Waals surface area contributed by atoms with Crippen molar-refractivity contribution in [3.8, 4) is 11.5 Å². The molecular weight excluding hydrogens is 580 g/mol. The number of methoxy groups -OCH3 is 2. The molecule has 0 fully saturated rings. The van der Waals surface area contributed by atoms with E-state index in [2.05, 4.69) is 15.9 Å². The van der Waals surface area contributed by atoms with Crippen molar-refractivity contribution in [2.45, 2.75) is 32.7 Å².